The standard InChI is InChI=1S/C14H17F3N2O2/c15-14(16,17)11-6-12(8-18-7-11)19(13(20)21)9-10-4-2-1-3-5-10/h6-8,10H,1-5,9H2,(H,20,21). The number of anilines is 1. The maximum atomic E-state index is 12.7. The molecule has 1 amide bonds. The van der Waals surface area contributed by atoms with E-state index in [2.05, 4.69) is 4.98 Å². The summed E-state index contributed by atoms with van der Waals surface area (Å²) in [4.78, 5) is 15.8. The third-order valence-electron chi connectivity index (χ3n) is 3.76. The fourth-order valence-electron chi connectivity index (χ4n) is 2.65. The van der Waals surface area contributed by atoms with Crippen LogP contribution >= 0.6 is 0 Å². The summed E-state index contributed by atoms with van der Waals surface area (Å²) >= 11 is 0. The number of carboxylic acid groups (broad SMARTS) is 1. The van der Waals surface area contributed by atoms with Crippen molar-refractivity contribution >= 4 is 11.8 Å². The molecule has 21 heavy (non-hydrogen) atoms. The molecule has 1 aromatic heterocycles. The van der Waals surface area contributed by atoms with Crippen LogP contribution in [0.25, 0.3) is 0 Å². The molecule has 2 rings (SSSR count). The van der Waals surface area contributed by atoms with Crippen molar-refractivity contribution in [3.63, 3.8) is 0 Å². The number of hydrogen-bond acceptors (Lipinski definition) is 2. The number of alkyl halides is 3. The first-order valence-electron chi connectivity index (χ1n) is 6.90. The molecule has 0 atom stereocenters. The Morgan fingerprint density at radius 1 is 1.29 bits per heavy atom. The Hall–Kier alpha value is -1.79. The molecule has 0 bridgehead atoms. The molecule has 0 saturated heterocycles. The van der Waals surface area contributed by atoms with Gasteiger partial charge in [-0.3, -0.25) is 9.88 Å². The van der Waals surface area contributed by atoms with Crippen LogP contribution < -0.4 is 4.90 Å². The van der Waals surface area contributed by atoms with Gasteiger partial charge in [0.25, 0.3) is 0 Å². The zero-order valence-electron chi connectivity index (χ0n) is 11.4. The van der Waals surface area contributed by atoms with Gasteiger partial charge >= 0.3 is 12.3 Å². The fraction of sp³-hybridized carbons (Fsp3) is 0.571. The molecule has 1 heterocycles. The normalized spacial score (nSPS) is 16.7. The minimum Gasteiger partial charge on any atom is -0.465 e. The van der Waals surface area contributed by atoms with E-state index in [1.54, 1.807) is 0 Å². The van der Waals surface area contributed by atoms with E-state index >= 15 is 0 Å². The number of rotatable bonds is 3. The van der Waals surface area contributed by atoms with Crippen LogP contribution in [0.2, 0.25) is 0 Å². The molecule has 0 aliphatic heterocycles. The lowest BCUT2D eigenvalue weighted by Gasteiger charge is -2.28. The summed E-state index contributed by atoms with van der Waals surface area (Å²) in [6, 6.07) is 0.837. The molecule has 1 N–H and O–H groups in total. The van der Waals surface area contributed by atoms with Crippen molar-refractivity contribution in [2.24, 2.45) is 5.92 Å². The molecule has 1 aliphatic carbocycles. The highest BCUT2D eigenvalue weighted by Gasteiger charge is 2.32. The fourth-order valence-corrected chi connectivity index (χ4v) is 2.65. The number of nitrogens with zero attached hydrogens (tertiary/aromatic N) is 2. The predicted octanol–water partition coefficient (Wildman–Crippen LogP) is 4.17. The van der Waals surface area contributed by atoms with E-state index in [1.807, 2.05) is 0 Å². The van der Waals surface area contributed by atoms with E-state index in [4.69, 9.17) is 0 Å². The van der Waals surface area contributed by atoms with Crippen LogP contribution in [-0.4, -0.2) is 22.7 Å². The molecule has 0 radical (unpaired) electrons. The number of pyridine rings is 1. The van der Waals surface area contributed by atoms with E-state index < -0.39 is 17.8 Å². The van der Waals surface area contributed by atoms with E-state index in [-0.39, 0.29) is 18.2 Å². The third kappa shape index (κ3) is 4.09. The molecule has 116 valence electrons. The second-order valence-corrected chi connectivity index (χ2v) is 5.33. The molecule has 1 fully saturated rings. The van der Waals surface area contributed by atoms with Gasteiger partial charge in [0.1, 0.15) is 0 Å². The van der Waals surface area contributed by atoms with E-state index in [0.717, 1.165) is 49.3 Å². The van der Waals surface area contributed by atoms with Gasteiger partial charge in [0.05, 0.1) is 17.4 Å². The minimum absolute atomic E-state index is 0.0251. The maximum Gasteiger partial charge on any atom is 0.417 e. The van der Waals surface area contributed by atoms with Crippen LogP contribution in [0.1, 0.15) is 37.7 Å². The number of aromatic nitrogens is 1. The topological polar surface area (TPSA) is 53.4 Å². The molecular formula is C14H17F3N2O2. The first kappa shape index (κ1) is 15.6. The molecule has 1 aromatic rings. The van der Waals surface area contributed by atoms with Gasteiger partial charge in [-0.1, -0.05) is 19.3 Å². The van der Waals surface area contributed by atoms with Crippen molar-refractivity contribution in [3.8, 4) is 0 Å². The molecule has 1 saturated carbocycles. The van der Waals surface area contributed by atoms with E-state index in [0.29, 0.717) is 6.20 Å². The highest BCUT2D eigenvalue weighted by atomic mass is 19.4. The highest BCUT2D eigenvalue weighted by molar-refractivity contribution is 5.85. The maximum absolute atomic E-state index is 12.7. The lowest BCUT2D eigenvalue weighted by atomic mass is 9.89. The Labute approximate surface area is 120 Å². The monoisotopic (exact) mass is 302 g/mol. The molecule has 0 aromatic carbocycles. The summed E-state index contributed by atoms with van der Waals surface area (Å²) in [5, 5.41) is 9.27. The molecule has 4 nitrogen and oxygen atoms in total. The molecule has 1 aliphatic rings. The van der Waals surface area contributed by atoms with Gasteiger partial charge in [-0.15, -0.1) is 0 Å². The molecular weight excluding hydrogens is 285 g/mol. The van der Waals surface area contributed by atoms with E-state index in [1.165, 1.54) is 0 Å². The Balaban J connectivity index is 2.19. The molecule has 0 unspecified atom stereocenters. The highest BCUT2D eigenvalue weighted by Crippen LogP contribution is 2.32. The zero-order valence-corrected chi connectivity index (χ0v) is 11.4. The van der Waals surface area contributed by atoms with Crippen molar-refractivity contribution in [3.05, 3.63) is 24.0 Å². The van der Waals surface area contributed by atoms with Gasteiger partial charge in [0.15, 0.2) is 0 Å². The first-order chi connectivity index (χ1) is 9.88. The van der Waals surface area contributed by atoms with Gasteiger partial charge in [-0.2, -0.15) is 13.2 Å². The summed E-state index contributed by atoms with van der Waals surface area (Å²) in [5.74, 6) is 0.199. The van der Waals surface area contributed by atoms with Gasteiger partial charge in [0, 0.05) is 12.7 Å². The Kier molecular flexibility index (Phi) is 4.69. The summed E-state index contributed by atoms with van der Waals surface area (Å²) in [6.07, 6.45) is 1.12. The summed E-state index contributed by atoms with van der Waals surface area (Å²) in [7, 11) is 0. The third-order valence-corrected chi connectivity index (χ3v) is 3.76. The number of halogens is 3. The summed E-state index contributed by atoms with van der Waals surface area (Å²) < 4.78 is 38.1. The van der Waals surface area contributed by atoms with Crippen LogP contribution in [0.5, 0.6) is 0 Å². The van der Waals surface area contributed by atoms with Crippen molar-refractivity contribution in [1.82, 2.24) is 4.98 Å². The van der Waals surface area contributed by atoms with Crippen LogP contribution in [0, 0.1) is 5.92 Å². The average molecular weight is 302 g/mol. The number of hydrogen-bond donors (Lipinski definition) is 1. The average Bonchev–Trinajstić information content (AvgIpc) is 2.45. The van der Waals surface area contributed by atoms with Crippen LogP contribution in [0.15, 0.2) is 18.5 Å². The first-order valence-corrected chi connectivity index (χ1v) is 6.90. The van der Waals surface area contributed by atoms with Gasteiger partial charge < -0.3 is 5.11 Å². The molecule has 0 spiro atoms. The number of carbonyl (C=O) groups is 1. The quantitative estimate of drug-likeness (QED) is 0.912. The van der Waals surface area contributed by atoms with E-state index in [9.17, 15) is 23.1 Å². The van der Waals surface area contributed by atoms with Gasteiger partial charge in [-0.05, 0) is 24.8 Å². The predicted molar refractivity (Wildman–Crippen MR) is 71.2 cm³/mol. The van der Waals surface area contributed by atoms with Crippen molar-refractivity contribution in [2.45, 2.75) is 38.3 Å². The van der Waals surface area contributed by atoms with Gasteiger partial charge in [0.2, 0.25) is 0 Å². The Bertz CT molecular complexity index is 499. The second-order valence-electron chi connectivity index (χ2n) is 5.33. The van der Waals surface area contributed by atoms with Crippen LogP contribution in [-0.2, 0) is 6.18 Å². The van der Waals surface area contributed by atoms with Crippen LogP contribution in [0.3, 0.4) is 0 Å². The van der Waals surface area contributed by atoms with Gasteiger partial charge in [-0.25, -0.2) is 4.79 Å². The number of amides is 1. The SMILES string of the molecule is O=C(O)N(CC1CCCCC1)c1cncc(C(F)(F)F)c1. The lowest BCUT2D eigenvalue weighted by Crippen LogP contribution is -2.35. The zero-order chi connectivity index (χ0) is 15.5. The Morgan fingerprint density at radius 3 is 2.52 bits per heavy atom. The second kappa shape index (κ2) is 6.32. The van der Waals surface area contributed by atoms with Crippen molar-refractivity contribution in [1.29, 1.82) is 0 Å². The largest absolute Gasteiger partial charge is 0.465 e. The Morgan fingerprint density at radius 2 is 1.95 bits per heavy atom. The van der Waals surface area contributed by atoms with Crippen molar-refractivity contribution in [2.75, 3.05) is 11.4 Å². The van der Waals surface area contributed by atoms with Crippen LogP contribution in [0.4, 0.5) is 23.7 Å². The molecule has 7 heteroatoms. The van der Waals surface area contributed by atoms with Crippen molar-refractivity contribution < 1.29 is 23.1 Å². The summed E-state index contributed by atoms with van der Waals surface area (Å²) in [6.45, 7) is 0.221. The lowest BCUT2D eigenvalue weighted by molar-refractivity contribution is -0.137. The minimum atomic E-state index is -4.53. The summed E-state index contributed by atoms with van der Waals surface area (Å²) in [5.41, 5.74) is -0.960. The smallest absolute Gasteiger partial charge is 0.417 e.